The molecule has 0 aromatic heterocycles. The molecule has 27 heavy (non-hydrogen) atoms. The highest BCUT2D eigenvalue weighted by Gasteiger charge is 2.30. The SMILES string of the molecule is COc1c(Br)c2c(c(OC)c1OC)-c1ccc(SC)c(=O)cc1[C@@H](N)CC2. The van der Waals surface area contributed by atoms with Crippen LogP contribution in [0.3, 0.4) is 0 Å². The molecule has 0 bridgehead atoms. The quantitative estimate of drug-likeness (QED) is 0.703. The van der Waals surface area contributed by atoms with E-state index in [1.807, 2.05) is 18.4 Å². The third-order valence-corrected chi connectivity index (χ3v) is 6.47. The van der Waals surface area contributed by atoms with E-state index >= 15 is 0 Å². The van der Waals surface area contributed by atoms with Crippen molar-refractivity contribution in [2.45, 2.75) is 23.8 Å². The fourth-order valence-electron chi connectivity index (χ4n) is 3.57. The topological polar surface area (TPSA) is 70.8 Å². The number of methoxy groups -OCH3 is 3. The van der Waals surface area contributed by atoms with Crippen LogP contribution in [0.25, 0.3) is 11.1 Å². The average molecular weight is 452 g/mol. The Balaban J connectivity index is 2.49. The Morgan fingerprint density at radius 3 is 2.37 bits per heavy atom. The van der Waals surface area contributed by atoms with Gasteiger partial charge in [-0.15, -0.1) is 11.8 Å². The number of hydrogen-bond donors (Lipinski definition) is 1. The second kappa shape index (κ2) is 8.12. The second-order valence-electron chi connectivity index (χ2n) is 6.19. The van der Waals surface area contributed by atoms with Gasteiger partial charge in [-0.2, -0.15) is 0 Å². The van der Waals surface area contributed by atoms with Crippen LogP contribution in [0.1, 0.15) is 23.6 Å². The van der Waals surface area contributed by atoms with Crippen LogP contribution in [-0.4, -0.2) is 27.6 Å². The van der Waals surface area contributed by atoms with Crippen molar-refractivity contribution in [3.05, 3.63) is 44.0 Å². The summed E-state index contributed by atoms with van der Waals surface area (Å²) in [7, 11) is 4.78. The zero-order valence-corrected chi connectivity index (χ0v) is 18.1. The first-order valence-electron chi connectivity index (χ1n) is 8.46. The molecule has 0 aliphatic heterocycles. The lowest BCUT2D eigenvalue weighted by molar-refractivity contribution is 0.323. The number of fused-ring (bicyclic) bond motifs is 3. The fraction of sp³-hybridized carbons (Fsp3) is 0.350. The first kappa shape index (κ1) is 20.0. The number of thioether (sulfide) groups is 1. The van der Waals surface area contributed by atoms with Gasteiger partial charge in [0.05, 0.1) is 30.7 Å². The summed E-state index contributed by atoms with van der Waals surface area (Å²) in [4.78, 5) is 13.3. The molecular weight excluding hydrogens is 430 g/mol. The molecule has 1 atom stereocenters. The molecule has 5 nitrogen and oxygen atoms in total. The van der Waals surface area contributed by atoms with Crippen LogP contribution in [0.4, 0.5) is 0 Å². The molecule has 7 heteroatoms. The lowest BCUT2D eigenvalue weighted by Crippen LogP contribution is -2.12. The van der Waals surface area contributed by atoms with Crippen molar-refractivity contribution in [2.24, 2.45) is 5.73 Å². The molecule has 0 saturated carbocycles. The minimum Gasteiger partial charge on any atom is -0.492 e. The molecule has 3 rings (SSSR count). The Bertz CT molecular complexity index is 948. The smallest absolute Gasteiger partial charge is 0.205 e. The molecule has 0 saturated heterocycles. The van der Waals surface area contributed by atoms with Gasteiger partial charge in [0.25, 0.3) is 0 Å². The van der Waals surface area contributed by atoms with E-state index in [0.717, 1.165) is 33.1 Å². The molecule has 0 unspecified atom stereocenters. The summed E-state index contributed by atoms with van der Waals surface area (Å²) >= 11 is 5.10. The molecular formula is C20H22BrNO4S. The van der Waals surface area contributed by atoms with E-state index in [9.17, 15) is 4.79 Å². The van der Waals surface area contributed by atoms with E-state index in [2.05, 4.69) is 15.9 Å². The van der Waals surface area contributed by atoms with Gasteiger partial charge in [-0.05, 0) is 63.9 Å². The van der Waals surface area contributed by atoms with Crippen LogP contribution in [0.15, 0.2) is 32.4 Å². The maximum Gasteiger partial charge on any atom is 0.205 e. The van der Waals surface area contributed by atoms with E-state index in [1.54, 1.807) is 27.4 Å². The monoisotopic (exact) mass is 451 g/mol. The number of rotatable bonds is 4. The maximum absolute atomic E-state index is 12.6. The molecule has 0 fully saturated rings. The van der Waals surface area contributed by atoms with E-state index in [0.29, 0.717) is 28.6 Å². The lowest BCUT2D eigenvalue weighted by atomic mass is 9.95. The third-order valence-electron chi connectivity index (χ3n) is 4.85. The number of hydrogen-bond acceptors (Lipinski definition) is 6. The maximum atomic E-state index is 12.6. The highest BCUT2D eigenvalue weighted by atomic mass is 79.9. The van der Waals surface area contributed by atoms with E-state index < -0.39 is 0 Å². The van der Waals surface area contributed by atoms with Crippen molar-refractivity contribution in [3.63, 3.8) is 0 Å². The number of benzene rings is 1. The molecule has 1 aliphatic rings. The van der Waals surface area contributed by atoms with Crippen LogP contribution < -0.4 is 25.4 Å². The van der Waals surface area contributed by atoms with Crippen LogP contribution >= 0.6 is 27.7 Å². The van der Waals surface area contributed by atoms with Gasteiger partial charge in [0, 0.05) is 11.6 Å². The largest absolute Gasteiger partial charge is 0.492 e. The van der Waals surface area contributed by atoms with Crippen molar-refractivity contribution >= 4 is 27.7 Å². The van der Waals surface area contributed by atoms with E-state index in [4.69, 9.17) is 19.9 Å². The summed E-state index contributed by atoms with van der Waals surface area (Å²) in [5, 5.41) is 0. The highest BCUT2D eigenvalue weighted by molar-refractivity contribution is 9.10. The zero-order chi connectivity index (χ0) is 19.7. The summed E-state index contributed by atoms with van der Waals surface area (Å²) in [5.41, 5.74) is 10.0. The molecule has 144 valence electrons. The van der Waals surface area contributed by atoms with Crippen molar-refractivity contribution in [3.8, 4) is 28.4 Å². The number of nitrogens with two attached hydrogens (primary N) is 1. The number of ether oxygens (including phenoxy) is 3. The van der Waals surface area contributed by atoms with Crippen molar-refractivity contribution in [1.82, 2.24) is 0 Å². The average Bonchev–Trinajstić information content (AvgIpc) is 2.91. The Hall–Kier alpha value is -1.70. The van der Waals surface area contributed by atoms with E-state index in [-0.39, 0.29) is 11.5 Å². The minimum absolute atomic E-state index is 0.0267. The first-order chi connectivity index (χ1) is 13.0. The summed E-state index contributed by atoms with van der Waals surface area (Å²) in [5.74, 6) is 1.66. The van der Waals surface area contributed by atoms with Gasteiger partial charge in [-0.25, -0.2) is 0 Å². The predicted octanol–water partition coefficient (Wildman–Crippen LogP) is 4.17. The second-order valence-corrected chi connectivity index (χ2v) is 7.83. The van der Waals surface area contributed by atoms with Gasteiger partial charge in [0.15, 0.2) is 16.9 Å². The highest BCUT2D eigenvalue weighted by Crippen LogP contribution is 2.54. The van der Waals surface area contributed by atoms with Crippen LogP contribution in [-0.2, 0) is 6.42 Å². The Morgan fingerprint density at radius 1 is 1.11 bits per heavy atom. The lowest BCUT2D eigenvalue weighted by Gasteiger charge is -2.21. The fourth-order valence-corrected chi connectivity index (χ4v) is 4.77. The van der Waals surface area contributed by atoms with E-state index in [1.165, 1.54) is 11.8 Å². The summed E-state index contributed by atoms with van der Waals surface area (Å²) < 4.78 is 17.7. The van der Waals surface area contributed by atoms with Gasteiger partial charge in [0.1, 0.15) is 0 Å². The van der Waals surface area contributed by atoms with Crippen molar-refractivity contribution in [1.29, 1.82) is 0 Å². The Labute approximate surface area is 171 Å². The summed E-state index contributed by atoms with van der Waals surface area (Å²) in [6, 6.07) is 5.20. The Morgan fingerprint density at radius 2 is 1.78 bits per heavy atom. The zero-order valence-electron chi connectivity index (χ0n) is 15.7. The predicted molar refractivity (Wildman–Crippen MR) is 113 cm³/mol. The van der Waals surface area contributed by atoms with Gasteiger partial charge in [0.2, 0.25) is 5.75 Å². The first-order valence-corrected chi connectivity index (χ1v) is 10.5. The van der Waals surface area contributed by atoms with Crippen molar-refractivity contribution < 1.29 is 14.2 Å². The van der Waals surface area contributed by atoms with Crippen LogP contribution in [0, 0.1) is 0 Å². The third kappa shape index (κ3) is 3.32. The summed E-state index contributed by atoms with van der Waals surface area (Å²) in [6.07, 6.45) is 3.31. The molecule has 0 heterocycles. The van der Waals surface area contributed by atoms with Crippen LogP contribution in [0.5, 0.6) is 17.2 Å². The Kier molecular flexibility index (Phi) is 6.03. The molecule has 2 aromatic rings. The normalized spacial score (nSPS) is 15.4. The van der Waals surface area contributed by atoms with Gasteiger partial charge in [-0.1, -0.05) is 6.07 Å². The molecule has 1 aliphatic carbocycles. The molecule has 0 radical (unpaired) electrons. The molecule has 2 N–H and O–H groups in total. The molecule has 0 amide bonds. The van der Waals surface area contributed by atoms with Crippen molar-refractivity contribution in [2.75, 3.05) is 27.6 Å². The minimum atomic E-state index is -0.254. The number of halogens is 1. The summed E-state index contributed by atoms with van der Waals surface area (Å²) in [6.45, 7) is 0. The van der Waals surface area contributed by atoms with Crippen LogP contribution in [0.2, 0.25) is 0 Å². The van der Waals surface area contributed by atoms with Gasteiger partial charge >= 0.3 is 0 Å². The molecule has 0 spiro atoms. The molecule has 2 aromatic carbocycles. The van der Waals surface area contributed by atoms with Gasteiger partial charge < -0.3 is 19.9 Å². The van der Waals surface area contributed by atoms with Gasteiger partial charge in [-0.3, -0.25) is 4.79 Å². The standard InChI is InChI=1S/C20H22BrNO4S/c1-24-18-16-10-6-8-15(27-4)14(23)9-12(10)13(22)7-5-11(16)17(21)19(25-2)20(18)26-3/h6,8-9,13H,5,7,22H2,1-4H3/t13-/m0/s1.